The number of rotatable bonds is 1. The molecule has 4 aromatic rings. The van der Waals surface area contributed by atoms with Crippen molar-refractivity contribution in [2.24, 2.45) is 0 Å². The largest absolute Gasteiger partial charge is 0.598 e. The third kappa shape index (κ3) is 1.99. The Morgan fingerprint density at radius 3 is 2.36 bits per heavy atom. The lowest BCUT2D eigenvalue weighted by atomic mass is 10.0. The Bertz CT molecular complexity index is 1050. The Balaban J connectivity index is 2.15. The van der Waals surface area contributed by atoms with Crippen molar-refractivity contribution in [3.63, 3.8) is 0 Å². The number of phenols is 1. The van der Waals surface area contributed by atoms with Gasteiger partial charge < -0.3 is 5.11 Å². The molecule has 4 rings (SSSR count). The lowest BCUT2D eigenvalue weighted by Crippen LogP contribution is -1.81. The first kappa shape index (κ1) is 13.1. The summed E-state index contributed by atoms with van der Waals surface area (Å²) in [5, 5.41) is 12.0. The number of fused-ring (bicyclic) bond motifs is 3. The molecule has 0 aliphatic rings. The molecule has 0 fully saturated rings. The van der Waals surface area contributed by atoms with Gasteiger partial charge in [0.05, 0.1) is 0 Å². The van der Waals surface area contributed by atoms with Gasteiger partial charge in [-0.15, -0.1) is 0 Å². The summed E-state index contributed by atoms with van der Waals surface area (Å²) in [5.74, 6) is 0.208. The Morgan fingerprint density at radius 1 is 0.818 bits per heavy atom. The van der Waals surface area contributed by atoms with Crippen molar-refractivity contribution in [3.05, 3.63) is 66.7 Å². The van der Waals surface area contributed by atoms with Gasteiger partial charge in [-0.2, -0.15) is 0 Å². The molecule has 1 heterocycles. The van der Waals surface area contributed by atoms with Crippen molar-refractivity contribution in [2.45, 2.75) is 0 Å². The summed E-state index contributed by atoms with van der Waals surface area (Å²) in [6, 6.07) is 20.3. The molecule has 1 N–H and O–H groups in total. The summed E-state index contributed by atoms with van der Waals surface area (Å²) in [5.41, 5.74) is 2.42. The zero-order chi connectivity index (χ0) is 15.1. The molecule has 0 saturated heterocycles. The van der Waals surface area contributed by atoms with Crippen molar-refractivity contribution in [1.29, 1.82) is 0 Å². The van der Waals surface area contributed by atoms with Crippen LogP contribution in [0.15, 0.2) is 70.9 Å². The summed E-state index contributed by atoms with van der Waals surface area (Å²) < 4.78 is 18.2. The molecule has 0 aliphatic carbocycles. The second kappa shape index (κ2) is 4.97. The first-order valence-electron chi connectivity index (χ1n) is 6.91. The molecule has 0 aliphatic heterocycles. The van der Waals surface area contributed by atoms with Crippen LogP contribution in [0.2, 0.25) is 0 Å². The molecule has 22 heavy (non-hydrogen) atoms. The van der Waals surface area contributed by atoms with Crippen LogP contribution in [0.5, 0.6) is 5.75 Å². The van der Waals surface area contributed by atoms with Crippen LogP contribution in [0.25, 0.3) is 32.6 Å². The van der Waals surface area contributed by atoms with E-state index in [9.17, 15) is 9.67 Å². The van der Waals surface area contributed by atoms with Crippen LogP contribution >= 0.6 is 7.65 Å². The standard InChI is InChI=1S/C18H11O3P/c19-13-10-8-12(9-11-13)14-5-3-6-16-15-4-1-2-7-17(15)21-22(20)18(14)16/h1-11H/p+1. The first-order valence-corrected chi connectivity index (χ1v) is 8.09. The highest BCUT2D eigenvalue weighted by Crippen LogP contribution is 2.41. The van der Waals surface area contributed by atoms with E-state index in [4.69, 9.17) is 4.20 Å². The van der Waals surface area contributed by atoms with Crippen molar-refractivity contribution < 1.29 is 13.9 Å². The summed E-state index contributed by atoms with van der Waals surface area (Å²) >= 11 is 0. The molecule has 0 saturated carbocycles. The second-order valence-electron chi connectivity index (χ2n) is 5.09. The second-order valence-corrected chi connectivity index (χ2v) is 6.24. The molecule has 1 unspecified atom stereocenters. The third-order valence-electron chi connectivity index (χ3n) is 3.76. The highest BCUT2D eigenvalue weighted by molar-refractivity contribution is 7.37. The number of phenolic OH excluding ortho intramolecular Hbond substituents is 1. The fourth-order valence-corrected chi connectivity index (χ4v) is 3.96. The normalized spacial score (nSPS) is 11.9. The van der Waals surface area contributed by atoms with Crippen LogP contribution in [0.1, 0.15) is 0 Å². The molecular formula is C18H12O3P+. The number of hydrogen-bond donors (Lipinski definition) is 1. The van der Waals surface area contributed by atoms with Crippen LogP contribution in [0.3, 0.4) is 0 Å². The lowest BCUT2D eigenvalue weighted by Gasteiger charge is -2.03. The van der Waals surface area contributed by atoms with E-state index in [1.807, 2.05) is 54.6 Å². The molecule has 0 spiro atoms. The van der Waals surface area contributed by atoms with Crippen molar-refractivity contribution in [3.8, 4) is 16.9 Å². The molecule has 1 atom stereocenters. The van der Waals surface area contributed by atoms with Gasteiger partial charge in [0.2, 0.25) is 5.12 Å². The zero-order valence-corrected chi connectivity index (χ0v) is 12.5. The molecule has 3 aromatic carbocycles. The van der Waals surface area contributed by atoms with Crippen LogP contribution in [0.4, 0.5) is 0 Å². The number of para-hydroxylation sites is 1. The Hall–Kier alpha value is -2.64. The molecule has 4 heteroatoms. The average Bonchev–Trinajstić information content (AvgIpc) is 2.55. The number of aromatic hydroxyl groups is 1. The van der Waals surface area contributed by atoms with E-state index in [0.29, 0.717) is 10.7 Å². The molecular weight excluding hydrogens is 295 g/mol. The van der Waals surface area contributed by atoms with Gasteiger partial charge in [-0.25, -0.2) is 4.20 Å². The van der Waals surface area contributed by atoms with Gasteiger partial charge in [-0.1, -0.05) is 36.4 Å². The van der Waals surface area contributed by atoms with Gasteiger partial charge in [0, 0.05) is 16.3 Å². The van der Waals surface area contributed by atoms with Gasteiger partial charge >= 0.3 is 7.65 Å². The average molecular weight is 307 g/mol. The maximum absolute atomic E-state index is 12.6. The van der Waals surface area contributed by atoms with Crippen molar-refractivity contribution in [2.75, 3.05) is 0 Å². The van der Waals surface area contributed by atoms with E-state index >= 15 is 0 Å². The summed E-state index contributed by atoms with van der Waals surface area (Å²) in [6.45, 7) is 0. The van der Waals surface area contributed by atoms with Crippen LogP contribution in [-0.2, 0) is 4.57 Å². The Kier molecular flexibility index (Phi) is 2.95. The van der Waals surface area contributed by atoms with Gasteiger partial charge in [0.15, 0.2) is 5.58 Å². The van der Waals surface area contributed by atoms with E-state index in [2.05, 4.69) is 0 Å². The summed E-state index contributed by atoms with van der Waals surface area (Å²) in [6.07, 6.45) is 0. The quantitative estimate of drug-likeness (QED) is 0.459. The highest BCUT2D eigenvalue weighted by atomic mass is 31.1. The predicted molar refractivity (Wildman–Crippen MR) is 88.4 cm³/mol. The minimum Gasteiger partial charge on any atom is -0.508 e. The fraction of sp³-hybridized carbons (Fsp3) is 0. The van der Waals surface area contributed by atoms with E-state index in [0.717, 1.165) is 21.9 Å². The molecule has 3 nitrogen and oxygen atoms in total. The van der Waals surface area contributed by atoms with E-state index in [1.165, 1.54) is 0 Å². The van der Waals surface area contributed by atoms with Gasteiger partial charge in [-0.05, 0) is 40.5 Å². The fourth-order valence-electron chi connectivity index (χ4n) is 2.74. The minimum atomic E-state index is -1.96. The Morgan fingerprint density at radius 2 is 1.55 bits per heavy atom. The highest BCUT2D eigenvalue weighted by Gasteiger charge is 2.21. The van der Waals surface area contributed by atoms with Crippen molar-refractivity contribution >= 4 is 29.1 Å². The third-order valence-corrected chi connectivity index (χ3v) is 4.96. The zero-order valence-electron chi connectivity index (χ0n) is 11.6. The first-order chi connectivity index (χ1) is 10.7. The number of hydrogen-bond acceptors (Lipinski definition) is 3. The minimum absolute atomic E-state index is 0.208. The topological polar surface area (TPSA) is 50.4 Å². The molecule has 0 amide bonds. The van der Waals surface area contributed by atoms with Gasteiger partial charge in [-0.3, -0.25) is 0 Å². The lowest BCUT2D eigenvalue weighted by molar-refractivity contribution is 0.475. The SMILES string of the molecule is O=[p+]1oc2ccccc2c2cccc(-c3ccc(O)cc3)c21. The Labute approximate surface area is 127 Å². The van der Waals surface area contributed by atoms with E-state index < -0.39 is 7.65 Å². The van der Waals surface area contributed by atoms with Crippen molar-refractivity contribution in [1.82, 2.24) is 0 Å². The van der Waals surface area contributed by atoms with Crippen LogP contribution in [0, 0.1) is 0 Å². The molecule has 106 valence electrons. The molecule has 1 aromatic heterocycles. The van der Waals surface area contributed by atoms with Gasteiger partial charge in [0.1, 0.15) is 5.75 Å². The number of benzene rings is 3. The maximum atomic E-state index is 12.6. The van der Waals surface area contributed by atoms with E-state index in [-0.39, 0.29) is 5.75 Å². The smallest absolute Gasteiger partial charge is 0.508 e. The molecule has 0 bridgehead atoms. The van der Waals surface area contributed by atoms with Crippen LogP contribution in [-0.4, -0.2) is 5.11 Å². The summed E-state index contributed by atoms with van der Waals surface area (Å²) in [7, 11) is -1.96. The van der Waals surface area contributed by atoms with Crippen LogP contribution < -0.4 is 0 Å². The van der Waals surface area contributed by atoms with E-state index in [1.54, 1.807) is 12.1 Å². The maximum Gasteiger partial charge on any atom is 0.598 e. The predicted octanol–water partition coefficient (Wildman–Crippen LogP) is 5.70. The summed E-state index contributed by atoms with van der Waals surface area (Å²) in [4.78, 5) is 0. The molecule has 0 radical (unpaired) electrons. The monoisotopic (exact) mass is 307 g/mol. The van der Waals surface area contributed by atoms with Gasteiger partial charge in [0.25, 0.3) is 0 Å².